The van der Waals surface area contributed by atoms with Gasteiger partial charge in [0.1, 0.15) is 5.82 Å². The molecule has 4 nitrogen and oxygen atoms in total. The fourth-order valence-electron chi connectivity index (χ4n) is 3.67. The van der Waals surface area contributed by atoms with Crippen LogP contribution in [0.5, 0.6) is 0 Å². The highest BCUT2D eigenvalue weighted by Crippen LogP contribution is 2.27. The Morgan fingerprint density at radius 3 is 2.54 bits per heavy atom. The van der Waals surface area contributed by atoms with Crippen LogP contribution in [0.4, 0.5) is 10.1 Å². The van der Waals surface area contributed by atoms with E-state index in [1.54, 1.807) is 12.1 Å². The number of pyridine rings is 1. The zero-order valence-corrected chi connectivity index (χ0v) is 16.3. The number of nitrogens with zero attached hydrogens (tertiary/aromatic N) is 3. The average molecular weight is 396 g/mol. The Balaban J connectivity index is 1.49. The van der Waals surface area contributed by atoms with Crippen LogP contribution in [0.15, 0.2) is 66.2 Å². The molecule has 0 radical (unpaired) electrons. The molecule has 1 amide bonds. The van der Waals surface area contributed by atoms with E-state index in [9.17, 15) is 9.18 Å². The Hall–Kier alpha value is -2.57. The number of hydrogen-bond acceptors (Lipinski definition) is 4. The van der Waals surface area contributed by atoms with Gasteiger partial charge >= 0.3 is 0 Å². The van der Waals surface area contributed by atoms with Crippen molar-refractivity contribution in [1.29, 1.82) is 0 Å². The standard InChI is InChI=1S/C22H22FN3OS/c23-17-6-8-19(9-7-17)26(22(27)21-5-3-15-28-21)20-10-13-25(14-11-20)16-18-4-1-2-12-24-18/h1-9,12,15,20H,10-11,13-14,16H2. The summed E-state index contributed by atoms with van der Waals surface area (Å²) in [7, 11) is 0. The highest BCUT2D eigenvalue weighted by atomic mass is 32.1. The highest BCUT2D eigenvalue weighted by molar-refractivity contribution is 7.12. The smallest absolute Gasteiger partial charge is 0.268 e. The van der Waals surface area contributed by atoms with Crippen molar-refractivity contribution in [2.45, 2.75) is 25.4 Å². The molecule has 0 saturated carbocycles. The van der Waals surface area contributed by atoms with Gasteiger partial charge in [-0.3, -0.25) is 14.7 Å². The maximum absolute atomic E-state index is 13.4. The second-order valence-electron chi connectivity index (χ2n) is 6.96. The van der Waals surface area contributed by atoms with Gasteiger partial charge in [-0.1, -0.05) is 12.1 Å². The Morgan fingerprint density at radius 1 is 1.11 bits per heavy atom. The normalized spacial score (nSPS) is 15.5. The molecule has 0 N–H and O–H groups in total. The minimum atomic E-state index is -0.294. The van der Waals surface area contributed by atoms with Crippen LogP contribution < -0.4 is 4.90 Å². The first-order chi connectivity index (χ1) is 13.7. The first kappa shape index (κ1) is 18.8. The lowest BCUT2D eigenvalue weighted by molar-refractivity contribution is 0.0962. The number of carbonyl (C=O) groups is 1. The number of benzene rings is 1. The predicted molar refractivity (Wildman–Crippen MR) is 110 cm³/mol. The van der Waals surface area contributed by atoms with Gasteiger partial charge in [-0.2, -0.15) is 0 Å². The van der Waals surface area contributed by atoms with E-state index in [-0.39, 0.29) is 17.8 Å². The van der Waals surface area contributed by atoms with E-state index in [0.717, 1.165) is 43.9 Å². The van der Waals surface area contributed by atoms with Crippen molar-refractivity contribution < 1.29 is 9.18 Å². The maximum atomic E-state index is 13.4. The van der Waals surface area contributed by atoms with Gasteiger partial charge in [-0.25, -0.2) is 4.39 Å². The Morgan fingerprint density at radius 2 is 1.89 bits per heavy atom. The van der Waals surface area contributed by atoms with Gasteiger partial charge in [0.15, 0.2) is 0 Å². The molecule has 6 heteroatoms. The van der Waals surface area contributed by atoms with Crippen molar-refractivity contribution in [3.63, 3.8) is 0 Å². The van der Waals surface area contributed by atoms with Crippen molar-refractivity contribution in [1.82, 2.24) is 9.88 Å². The summed E-state index contributed by atoms with van der Waals surface area (Å²) < 4.78 is 13.4. The third-order valence-electron chi connectivity index (χ3n) is 5.09. The van der Waals surface area contributed by atoms with Crippen LogP contribution in [-0.4, -0.2) is 34.9 Å². The SMILES string of the molecule is O=C(c1cccs1)N(c1ccc(F)cc1)C1CCN(Cc2ccccn2)CC1. The van der Waals surface area contributed by atoms with E-state index in [2.05, 4.69) is 9.88 Å². The Bertz CT molecular complexity index is 891. The zero-order chi connectivity index (χ0) is 19.3. The van der Waals surface area contributed by atoms with Crippen molar-refractivity contribution in [3.05, 3.63) is 82.6 Å². The molecule has 3 aromatic rings. The molecule has 0 atom stereocenters. The van der Waals surface area contributed by atoms with Crippen molar-refractivity contribution in [3.8, 4) is 0 Å². The van der Waals surface area contributed by atoms with E-state index in [0.29, 0.717) is 4.88 Å². The molecule has 28 heavy (non-hydrogen) atoms. The van der Waals surface area contributed by atoms with Crippen LogP contribution in [0.1, 0.15) is 28.2 Å². The molecular formula is C22H22FN3OS. The minimum absolute atomic E-state index is 0.00946. The monoisotopic (exact) mass is 395 g/mol. The van der Waals surface area contributed by atoms with Gasteiger partial charge in [0.2, 0.25) is 0 Å². The summed E-state index contributed by atoms with van der Waals surface area (Å²) in [6.07, 6.45) is 3.57. The number of hydrogen-bond donors (Lipinski definition) is 0. The number of halogens is 1. The Kier molecular flexibility index (Phi) is 5.78. The summed E-state index contributed by atoms with van der Waals surface area (Å²) in [5.74, 6) is -0.303. The lowest BCUT2D eigenvalue weighted by Crippen LogP contribution is -2.47. The fraction of sp³-hybridized carbons (Fsp3) is 0.273. The molecule has 0 spiro atoms. The first-order valence-corrected chi connectivity index (χ1v) is 10.3. The average Bonchev–Trinajstić information content (AvgIpc) is 3.27. The predicted octanol–water partition coefficient (Wildman–Crippen LogP) is 4.59. The third kappa shape index (κ3) is 4.29. The number of piperidine rings is 1. The van der Waals surface area contributed by atoms with Crippen LogP contribution in [0.3, 0.4) is 0 Å². The fourth-order valence-corrected chi connectivity index (χ4v) is 4.33. The molecule has 1 aromatic carbocycles. The molecule has 1 saturated heterocycles. The number of thiophene rings is 1. The summed E-state index contributed by atoms with van der Waals surface area (Å²) in [6.45, 7) is 2.62. The summed E-state index contributed by atoms with van der Waals surface area (Å²) >= 11 is 1.44. The second-order valence-corrected chi connectivity index (χ2v) is 7.90. The topological polar surface area (TPSA) is 36.4 Å². The second kappa shape index (κ2) is 8.63. The molecule has 0 bridgehead atoms. The number of carbonyl (C=O) groups excluding carboxylic acids is 1. The lowest BCUT2D eigenvalue weighted by Gasteiger charge is -2.38. The lowest BCUT2D eigenvalue weighted by atomic mass is 10.0. The molecule has 1 aliphatic rings. The Labute approximate surface area is 168 Å². The van der Waals surface area contributed by atoms with Gasteiger partial charge in [0.05, 0.1) is 10.6 Å². The van der Waals surface area contributed by atoms with E-state index in [4.69, 9.17) is 0 Å². The van der Waals surface area contributed by atoms with Gasteiger partial charge in [-0.15, -0.1) is 11.3 Å². The van der Waals surface area contributed by atoms with E-state index < -0.39 is 0 Å². The summed E-state index contributed by atoms with van der Waals surface area (Å²) in [4.78, 5) is 22.5. The molecule has 3 heterocycles. The number of anilines is 1. The van der Waals surface area contributed by atoms with Crippen LogP contribution in [0, 0.1) is 5.82 Å². The quantitative estimate of drug-likeness (QED) is 0.634. The van der Waals surface area contributed by atoms with Crippen LogP contribution in [0.25, 0.3) is 0 Å². The molecular weight excluding hydrogens is 373 g/mol. The van der Waals surface area contributed by atoms with E-state index >= 15 is 0 Å². The first-order valence-electron chi connectivity index (χ1n) is 9.45. The number of rotatable bonds is 5. The van der Waals surface area contributed by atoms with Crippen molar-refractivity contribution in [2.24, 2.45) is 0 Å². The molecule has 0 unspecified atom stereocenters. The number of likely N-dealkylation sites (tertiary alicyclic amines) is 1. The molecule has 0 aliphatic carbocycles. The van der Waals surface area contributed by atoms with E-state index in [1.807, 2.05) is 46.8 Å². The molecule has 144 valence electrons. The summed E-state index contributed by atoms with van der Waals surface area (Å²) in [5.41, 5.74) is 1.81. The largest absolute Gasteiger partial charge is 0.305 e. The summed E-state index contributed by atoms with van der Waals surface area (Å²) in [6, 6.07) is 16.0. The van der Waals surface area contributed by atoms with Gasteiger partial charge in [-0.05, 0) is 60.7 Å². The zero-order valence-electron chi connectivity index (χ0n) is 15.5. The van der Waals surface area contributed by atoms with Crippen molar-refractivity contribution >= 4 is 22.9 Å². The van der Waals surface area contributed by atoms with Crippen LogP contribution in [0.2, 0.25) is 0 Å². The van der Waals surface area contributed by atoms with E-state index in [1.165, 1.54) is 23.5 Å². The van der Waals surface area contributed by atoms with Gasteiger partial charge in [0.25, 0.3) is 5.91 Å². The van der Waals surface area contributed by atoms with Gasteiger partial charge < -0.3 is 4.90 Å². The molecule has 1 aliphatic heterocycles. The van der Waals surface area contributed by atoms with Gasteiger partial charge in [0, 0.05) is 37.6 Å². The number of aromatic nitrogens is 1. The highest BCUT2D eigenvalue weighted by Gasteiger charge is 2.30. The minimum Gasteiger partial charge on any atom is -0.305 e. The maximum Gasteiger partial charge on any atom is 0.268 e. The van der Waals surface area contributed by atoms with Crippen LogP contribution >= 0.6 is 11.3 Å². The molecule has 4 rings (SSSR count). The summed E-state index contributed by atoms with van der Waals surface area (Å²) in [5, 5.41) is 1.91. The number of amides is 1. The third-order valence-corrected chi connectivity index (χ3v) is 5.95. The molecule has 2 aromatic heterocycles. The molecule has 1 fully saturated rings. The van der Waals surface area contributed by atoms with Crippen molar-refractivity contribution in [2.75, 3.05) is 18.0 Å². The van der Waals surface area contributed by atoms with Crippen LogP contribution in [-0.2, 0) is 6.54 Å².